The number of hydrogen-bond acceptors (Lipinski definition) is 2. The minimum Gasteiger partial charge on any atom is -0.443 e. The second kappa shape index (κ2) is 8.60. The molecule has 1 rings (SSSR count). The second-order valence-corrected chi connectivity index (χ2v) is 7.47. The van der Waals surface area contributed by atoms with Crippen LogP contribution in [0.5, 0.6) is 0 Å². The highest BCUT2D eigenvalue weighted by Crippen LogP contribution is 2.25. The predicted molar refractivity (Wildman–Crippen MR) is 96.1 cm³/mol. The van der Waals surface area contributed by atoms with Gasteiger partial charge in [-0.1, -0.05) is 45.0 Å². The fourth-order valence-corrected chi connectivity index (χ4v) is 2.65. The molecule has 2 N–H and O–H groups in total. The van der Waals surface area contributed by atoms with Gasteiger partial charge in [0.25, 0.3) is 0 Å². The molecule has 0 spiro atoms. The van der Waals surface area contributed by atoms with Crippen LogP contribution in [0.25, 0.3) is 0 Å². The SMILES string of the molecule is CC(C)Cc1ccc(C(C)C(=O)C(C)(C)OCCC(C)[OH2+])cc1. The molecule has 0 heterocycles. The van der Waals surface area contributed by atoms with E-state index in [2.05, 4.69) is 38.1 Å². The van der Waals surface area contributed by atoms with Crippen LogP contribution in [0.2, 0.25) is 0 Å². The van der Waals surface area contributed by atoms with Crippen molar-refractivity contribution < 1.29 is 14.6 Å². The molecular formula is C20H33O3+. The number of ketones is 1. The molecule has 0 aliphatic rings. The van der Waals surface area contributed by atoms with Crippen LogP contribution in [0, 0.1) is 5.92 Å². The maximum absolute atomic E-state index is 12.7. The maximum Gasteiger partial charge on any atom is 0.171 e. The van der Waals surface area contributed by atoms with Crippen LogP contribution in [-0.2, 0) is 16.0 Å². The maximum atomic E-state index is 12.7. The minimum absolute atomic E-state index is 0.0896. The zero-order chi connectivity index (χ0) is 17.6. The Balaban J connectivity index is 2.70. The second-order valence-electron chi connectivity index (χ2n) is 7.47. The smallest absolute Gasteiger partial charge is 0.171 e. The van der Waals surface area contributed by atoms with Gasteiger partial charge in [0.1, 0.15) is 5.60 Å². The van der Waals surface area contributed by atoms with Gasteiger partial charge < -0.3 is 9.84 Å². The number of carbonyl (C=O) groups is 1. The van der Waals surface area contributed by atoms with Crippen molar-refractivity contribution in [1.82, 2.24) is 0 Å². The third-order valence-corrected chi connectivity index (χ3v) is 4.12. The summed E-state index contributed by atoms with van der Waals surface area (Å²) in [5.41, 5.74) is 1.53. The summed E-state index contributed by atoms with van der Waals surface area (Å²) in [6, 6.07) is 8.36. The topological polar surface area (TPSA) is 49.2 Å². The summed E-state index contributed by atoms with van der Waals surface area (Å²) in [6.45, 7) is 12.3. The molecule has 0 aromatic heterocycles. The van der Waals surface area contributed by atoms with Crippen molar-refractivity contribution in [2.24, 2.45) is 5.92 Å². The molecule has 1 aromatic rings. The quantitative estimate of drug-likeness (QED) is 0.649. The van der Waals surface area contributed by atoms with E-state index < -0.39 is 5.60 Å². The zero-order valence-corrected chi connectivity index (χ0v) is 15.5. The molecule has 2 unspecified atom stereocenters. The zero-order valence-electron chi connectivity index (χ0n) is 15.5. The lowest BCUT2D eigenvalue weighted by Crippen LogP contribution is -2.38. The Kier molecular flexibility index (Phi) is 7.43. The lowest BCUT2D eigenvalue weighted by atomic mass is 9.87. The van der Waals surface area contributed by atoms with Crippen LogP contribution in [0.15, 0.2) is 24.3 Å². The first kappa shape index (κ1) is 19.9. The van der Waals surface area contributed by atoms with Gasteiger partial charge in [0.2, 0.25) is 0 Å². The molecule has 0 saturated heterocycles. The highest BCUT2D eigenvalue weighted by atomic mass is 16.5. The van der Waals surface area contributed by atoms with Crippen molar-refractivity contribution in [3.63, 3.8) is 0 Å². The molecule has 3 nitrogen and oxygen atoms in total. The molecular weight excluding hydrogens is 288 g/mol. The summed E-state index contributed by atoms with van der Waals surface area (Å²) in [6.07, 6.45) is 1.55. The average Bonchev–Trinajstić information content (AvgIpc) is 2.45. The number of benzene rings is 1. The Morgan fingerprint density at radius 1 is 1.13 bits per heavy atom. The fourth-order valence-electron chi connectivity index (χ4n) is 2.65. The lowest BCUT2D eigenvalue weighted by molar-refractivity contribution is -0.142. The molecule has 0 bridgehead atoms. The Bertz CT molecular complexity index is 486. The summed E-state index contributed by atoms with van der Waals surface area (Å²) in [7, 11) is 0. The fraction of sp³-hybridized carbons (Fsp3) is 0.650. The first-order chi connectivity index (χ1) is 10.6. The van der Waals surface area contributed by atoms with Crippen molar-refractivity contribution in [3.05, 3.63) is 35.4 Å². The highest BCUT2D eigenvalue weighted by molar-refractivity contribution is 5.92. The molecule has 0 fully saturated rings. The van der Waals surface area contributed by atoms with Crippen LogP contribution < -0.4 is 0 Å². The van der Waals surface area contributed by atoms with Crippen molar-refractivity contribution >= 4 is 5.78 Å². The van der Waals surface area contributed by atoms with Gasteiger partial charge in [-0.05, 0) is 37.3 Å². The molecule has 1 aromatic carbocycles. The number of carbonyl (C=O) groups excluding carboxylic acids is 1. The average molecular weight is 321 g/mol. The van der Waals surface area contributed by atoms with Crippen molar-refractivity contribution in [2.45, 2.75) is 72.0 Å². The third kappa shape index (κ3) is 6.44. The molecule has 2 atom stereocenters. The van der Waals surface area contributed by atoms with Gasteiger partial charge in [-0.15, -0.1) is 0 Å². The summed E-state index contributed by atoms with van der Waals surface area (Å²) < 4.78 is 5.75. The summed E-state index contributed by atoms with van der Waals surface area (Å²) in [5.74, 6) is 0.532. The monoisotopic (exact) mass is 321 g/mol. The van der Waals surface area contributed by atoms with Crippen molar-refractivity contribution in [2.75, 3.05) is 6.61 Å². The van der Waals surface area contributed by atoms with E-state index in [-0.39, 0.29) is 17.8 Å². The van der Waals surface area contributed by atoms with Crippen molar-refractivity contribution in [3.8, 4) is 0 Å². The van der Waals surface area contributed by atoms with E-state index in [1.165, 1.54) is 5.56 Å². The van der Waals surface area contributed by atoms with Crippen LogP contribution in [0.1, 0.15) is 65.0 Å². The van der Waals surface area contributed by atoms with Crippen molar-refractivity contribution in [1.29, 1.82) is 0 Å². The molecule has 0 radical (unpaired) electrons. The summed E-state index contributed by atoms with van der Waals surface area (Å²) in [4.78, 5) is 12.7. The van der Waals surface area contributed by atoms with Gasteiger partial charge in [-0.2, -0.15) is 0 Å². The highest BCUT2D eigenvalue weighted by Gasteiger charge is 2.33. The van der Waals surface area contributed by atoms with E-state index in [9.17, 15) is 4.79 Å². The van der Waals surface area contributed by atoms with Gasteiger partial charge in [-0.3, -0.25) is 4.79 Å². The van der Waals surface area contributed by atoms with Crippen LogP contribution in [-0.4, -0.2) is 29.2 Å². The standard InChI is InChI=1S/C20H32O3/c1-14(2)13-17-7-9-18(10-8-17)16(4)19(22)20(5,6)23-12-11-15(3)21/h7-10,14-16,21H,11-13H2,1-6H3/p+1. The largest absolute Gasteiger partial charge is 0.443 e. The van der Waals surface area contributed by atoms with E-state index in [0.717, 1.165) is 12.0 Å². The van der Waals surface area contributed by atoms with Gasteiger partial charge in [-0.25, -0.2) is 0 Å². The van der Waals surface area contributed by atoms with Gasteiger partial charge >= 0.3 is 0 Å². The molecule has 0 aliphatic carbocycles. The van der Waals surface area contributed by atoms with Crippen LogP contribution >= 0.6 is 0 Å². The number of Topliss-reactive ketones (excluding diaryl/α,β-unsaturated/α-hetero) is 1. The summed E-state index contributed by atoms with van der Waals surface area (Å²) in [5, 5.41) is 7.52. The van der Waals surface area contributed by atoms with Crippen LogP contribution in [0.4, 0.5) is 0 Å². The Morgan fingerprint density at radius 2 is 1.70 bits per heavy atom. The van der Waals surface area contributed by atoms with E-state index in [1.807, 2.05) is 27.7 Å². The normalized spacial score (nSPS) is 14.8. The molecule has 3 heteroatoms. The van der Waals surface area contributed by atoms with E-state index in [0.29, 0.717) is 18.9 Å². The Morgan fingerprint density at radius 3 is 2.17 bits per heavy atom. The molecule has 23 heavy (non-hydrogen) atoms. The first-order valence-corrected chi connectivity index (χ1v) is 8.61. The summed E-state index contributed by atoms with van der Waals surface area (Å²) >= 11 is 0. The van der Waals surface area contributed by atoms with Gasteiger partial charge in [0.05, 0.1) is 6.61 Å². The Labute approximate surface area is 141 Å². The van der Waals surface area contributed by atoms with Gasteiger partial charge in [0.15, 0.2) is 11.9 Å². The van der Waals surface area contributed by atoms with E-state index >= 15 is 0 Å². The van der Waals surface area contributed by atoms with E-state index in [1.54, 1.807) is 0 Å². The first-order valence-electron chi connectivity index (χ1n) is 8.61. The minimum atomic E-state index is -0.815. The Hall–Kier alpha value is -1.19. The molecule has 0 saturated carbocycles. The lowest BCUT2D eigenvalue weighted by Gasteiger charge is -2.27. The van der Waals surface area contributed by atoms with Crippen LogP contribution in [0.3, 0.4) is 0 Å². The molecule has 130 valence electrons. The van der Waals surface area contributed by atoms with Gasteiger partial charge in [0, 0.05) is 19.3 Å². The predicted octanol–water partition coefficient (Wildman–Crippen LogP) is 3.86. The molecule has 0 amide bonds. The third-order valence-electron chi connectivity index (χ3n) is 4.12. The molecule has 0 aliphatic heterocycles. The van der Waals surface area contributed by atoms with E-state index in [4.69, 9.17) is 9.84 Å². The number of hydrogen-bond donors (Lipinski definition) is 0. The number of rotatable bonds is 9. The number of ether oxygens (including phenoxy) is 1.